The summed E-state index contributed by atoms with van der Waals surface area (Å²) in [4.78, 5) is 6.18. The molecule has 21 heavy (non-hydrogen) atoms. The second-order valence-corrected chi connectivity index (χ2v) is 6.18. The van der Waals surface area contributed by atoms with Gasteiger partial charge in [-0.05, 0) is 29.5 Å². The van der Waals surface area contributed by atoms with Gasteiger partial charge in [0, 0.05) is 32.4 Å². The number of hydrogen-bond acceptors (Lipinski definition) is 3. The standard InChI is InChI=1S/C16H21N3OS/c1-19(2)16(21)15-8-13(9-18-15)20-10-11-3-4-12-5-6-17-14(12)7-11/h3-7,13,15,17-18H,8-10H2,1-2H3/t13-,15+/m1/s1. The fourth-order valence-corrected chi connectivity index (χ4v) is 2.91. The predicted molar refractivity (Wildman–Crippen MR) is 89.6 cm³/mol. The molecule has 0 unspecified atom stereocenters. The number of aromatic amines is 1. The summed E-state index contributed by atoms with van der Waals surface area (Å²) in [7, 11) is 3.98. The van der Waals surface area contributed by atoms with Crippen molar-refractivity contribution in [3.05, 3.63) is 36.0 Å². The summed E-state index contributed by atoms with van der Waals surface area (Å²) in [5.41, 5.74) is 2.36. The van der Waals surface area contributed by atoms with E-state index in [1.807, 2.05) is 25.2 Å². The average Bonchev–Trinajstić information content (AvgIpc) is 3.12. The summed E-state index contributed by atoms with van der Waals surface area (Å²) in [5.74, 6) is 0. The molecule has 1 saturated heterocycles. The molecule has 3 rings (SSSR count). The number of benzene rings is 1. The molecule has 0 spiro atoms. The Bertz CT molecular complexity index is 637. The second kappa shape index (κ2) is 6.13. The highest BCUT2D eigenvalue weighted by atomic mass is 32.1. The molecule has 2 heterocycles. The summed E-state index contributed by atoms with van der Waals surface area (Å²) >= 11 is 5.42. The lowest BCUT2D eigenvalue weighted by Gasteiger charge is -2.19. The van der Waals surface area contributed by atoms with Crippen molar-refractivity contribution < 1.29 is 4.74 Å². The SMILES string of the molecule is CN(C)C(=S)[C@@H]1C[C@@H](OCc2ccc3cc[nH]c3c2)CN1. The van der Waals surface area contributed by atoms with Gasteiger partial charge in [-0.1, -0.05) is 24.4 Å². The van der Waals surface area contributed by atoms with Gasteiger partial charge >= 0.3 is 0 Å². The van der Waals surface area contributed by atoms with Gasteiger partial charge in [0.1, 0.15) is 0 Å². The molecule has 0 bridgehead atoms. The molecule has 112 valence electrons. The number of hydrogen-bond donors (Lipinski definition) is 2. The Morgan fingerprint density at radius 1 is 1.38 bits per heavy atom. The van der Waals surface area contributed by atoms with Crippen LogP contribution in [0.4, 0.5) is 0 Å². The van der Waals surface area contributed by atoms with Crippen LogP contribution in [0, 0.1) is 0 Å². The lowest BCUT2D eigenvalue weighted by Crippen LogP contribution is -2.38. The van der Waals surface area contributed by atoms with Gasteiger partial charge in [-0.3, -0.25) is 0 Å². The van der Waals surface area contributed by atoms with Crippen LogP contribution in [0.3, 0.4) is 0 Å². The molecule has 2 atom stereocenters. The molecule has 5 heteroatoms. The van der Waals surface area contributed by atoms with E-state index in [1.54, 1.807) is 0 Å². The number of rotatable bonds is 4. The molecule has 1 aromatic heterocycles. The van der Waals surface area contributed by atoms with Gasteiger partial charge in [0.2, 0.25) is 0 Å². The second-order valence-electron chi connectivity index (χ2n) is 5.76. The number of fused-ring (bicyclic) bond motifs is 1. The highest BCUT2D eigenvalue weighted by Crippen LogP contribution is 2.18. The molecule has 4 nitrogen and oxygen atoms in total. The molecule has 2 aromatic rings. The zero-order valence-corrected chi connectivity index (χ0v) is 13.2. The van der Waals surface area contributed by atoms with Gasteiger partial charge in [0.15, 0.2) is 0 Å². The van der Waals surface area contributed by atoms with Crippen LogP contribution >= 0.6 is 12.2 Å². The van der Waals surface area contributed by atoms with Crippen LogP contribution in [0.25, 0.3) is 10.9 Å². The third-order valence-electron chi connectivity index (χ3n) is 3.93. The first-order chi connectivity index (χ1) is 10.1. The molecule has 0 aliphatic carbocycles. The van der Waals surface area contributed by atoms with Crippen LogP contribution < -0.4 is 5.32 Å². The molecule has 1 aromatic carbocycles. The maximum Gasteiger partial charge on any atom is 0.0947 e. The van der Waals surface area contributed by atoms with Crippen molar-refractivity contribution in [3.8, 4) is 0 Å². The number of nitrogens with one attached hydrogen (secondary N) is 2. The maximum atomic E-state index is 6.02. The normalized spacial score (nSPS) is 21.8. The molecular weight excluding hydrogens is 282 g/mol. The van der Waals surface area contributed by atoms with Gasteiger partial charge in [-0.25, -0.2) is 0 Å². The highest BCUT2D eigenvalue weighted by Gasteiger charge is 2.28. The number of aromatic nitrogens is 1. The van der Waals surface area contributed by atoms with Gasteiger partial charge < -0.3 is 19.9 Å². The monoisotopic (exact) mass is 303 g/mol. The molecule has 0 radical (unpaired) electrons. The lowest BCUT2D eigenvalue weighted by molar-refractivity contribution is 0.0535. The van der Waals surface area contributed by atoms with Crippen LogP contribution in [0.5, 0.6) is 0 Å². The van der Waals surface area contributed by atoms with E-state index in [9.17, 15) is 0 Å². The van der Waals surface area contributed by atoms with Crippen molar-refractivity contribution in [1.29, 1.82) is 0 Å². The molecule has 1 aliphatic heterocycles. The summed E-state index contributed by atoms with van der Waals surface area (Å²) < 4.78 is 6.02. The van der Waals surface area contributed by atoms with Crippen molar-refractivity contribution >= 4 is 28.1 Å². The van der Waals surface area contributed by atoms with Gasteiger partial charge in [-0.15, -0.1) is 0 Å². The average molecular weight is 303 g/mol. The number of likely N-dealkylation sites (N-methyl/N-ethyl adjacent to an activating group) is 1. The van der Waals surface area contributed by atoms with Crippen LogP contribution in [0.1, 0.15) is 12.0 Å². The fourth-order valence-electron chi connectivity index (χ4n) is 2.73. The third-order valence-corrected chi connectivity index (χ3v) is 4.58. The molecule has 1 fully saturated rings. The van der Waals surface area contributed by atoms with Crippen molar-refractivity contribution in [1.82, 2.24) is 15.2 Å². The Morgan fingerprint density at radius 2 is 2.24 bits per heavy atom. The Morgan fingerprint density at radius 3 is 3.05 bits per heavy atom. The molecule has 2 N–H and O–H groups in total. The van der Waals surface area contributed by atoms with E-state index in [2.05, 4.69) is 34.6 Å². The van der Waals surface area contributed by atoms with Crippen LogP contribution in [-0.2, 0) is 11.3 Å². The van der Waals surface area contributed by atoms with Gasteiger partial charge in [0.25, 0.3) is 0 Å². The number of nitrogens with zero attached hydrogens (tertiary/aromatic N) is 1. The first-order valence-electron chi connectivity index (χ1n) is 7.25. The molecule has 1 aliphatic rings. The van der Waals surface area contributed by atoms with Crippen molar-refractivity contribution in [3.63, 3.8) is 0 Å². The maximum absolute atomic E-state index is 6.02. The topological polar surface area (TPSA) is 40.3 Å². The molecular formula is C16H21N3OS. The third kappa shape index (κ3) is 3.26. The van der Waals surface area contributed by atoms with Gasteiger partial charge in [0.05, 0.1) is 23.7 Å². The highest BCUT2D eigenvalue weighted by molar-refractivity contribution is 7.80. The molecule has 0 saturated carbocycles. The van der Waals surface area contributed by atoms with E-state index in [4.69, 9.17) is 17.0 Å². The van der Waals surface area contributed by atoms with E-state index >= 15 is 0 Å². The summed E-state index contributed by atoms with van der Waals surface area (Å²) in [6.07, 6.45) is 3.14. The zero-order valence-electron chi connectivity index (χ0n) is 12.4. The first-order valence-corrected chi connectivity index (χ1v) is 7.66. The smallest absolute Gasteiger partial charge is 0.0947 e. The van der Waals surface area contributed by atoms with Crippen molar-refractivity contribution in [2.24, 2.45) is 0 Å². The Kier molecular flexibility index (Phi) is 4.24. The largest absolute Gasteiger partial charge is 0.372 e. The Labute approximate surface area is 130 Å². The van der Waals surface area contributed by atoms with Crippen LogP contribution in [-0.4, -0.2) is 47.7 Å². The minimum Gasteiger partial charge on any atom is -0.372 e. The number of H-pyrrole nitrogens is 1. The number of thiocarbonyl (C=S) groups is 1. The van der Waals surface area contributed by atoms with E-state index < -0.39 is 0 Å². The number of ether oxygens (including phenoxy) is 1. The van der Waals surface area contributed by atoms with Crippen LogP contribution in [0.15, 0.2) is 30.5 Å². The minimum atomic E-state index is 0.229. The first kappa shape index (κ1) is 14.5. The lowest BCUT2D eigenvalue weighted by atomic mass is 10.1. The summed E-state index contributed by atoms with van der Waals surface area (Å²) in [6, 6.07) is 8.74. The van der Waals surface area contributed by atoms with E-state index in [1.165, 1.54) is 10.9 Å². The predicted octanol–water partition coefficient (Wildman–Crippen LogP) is 2.30. The fraction of sp³-hybridized carbons (Fsp3) is 0.438. The van der Waals surface area contributed by atoms with Crippen LogP contribution in [0.2, 0.25) is 0 Å². The van der Waals surface area contributed by atoms with Gasteiger partial charge in [-0.2, -0.15) is 0 Å². The zero-order chi connectivity index (χ0) is 14.8. The van der Waals surface area contributed by atoms with E-state index in [0.717, 1.165) is 23.5 Å². The quantitative estimate of drug-likeness (QED) is 0.850. The van der Waals surface area contributed by atoms with Crippen molar-refractivity contribution in [2.45, 2.75) is 25.2 Å². The Hall–Kier alpha value is -1.43. The summed E-state index contributed by atoms with van der Waals surface area (Å²) in [5, 5.41) is 4.67. The van der Waals surface area contributed by atoms with E-state index in [0.29, 0.717) is 6.61 Å². The minimum absolute atomic E-state index is 0.229. The van der Waals surface area contributed by atoms with E-state index in [-0.39, 0.29) is 12.1 Å². The molecule has 0 amide bonds. The summed E-state index contributed by atoms with van der Waals surface area (Å²) in [6.45, 7) is 1.51. The van der Waals surface area contributed by atoms with Crippen molar-refractivity contribution in [2.75, 3.05) is 20.6 Å². The Balaban J connectivity index is 1.55.